The number of carbonyl (C=O) groups is 4. The van der Waals surface area contributed by atoms with E-state index in [9.17, 15) is 23.6 Å². The van der Waals surface area contributed by atoms with E-state index in [4.69, 9.17) is 9.26 Å². The summed E-state index contributed by atoms with van der Waals surface area (Å²) in [5, 5.41) is 5.93. The van der Waals surface area contributed by atoms with E-state index in [1.807, 2.05) is 4.90 Å². The van der Waals surface area contributed by atoms with Crippen LogP contribution in [-0.2, 0) is 19.1 Å². The van der Waals surface area contributed by atoms with Crippen LogP contribution in [0.1, 0.15) is 23.4 Å². The number of anilines is 2. The first-order valence-corrected chi connectivity index (χ1v) is 11.4. The summed E-state index contributed by atoms with van der Waals surface area (Å²) in [6.45, 7) is 1.55. The van der Waals surface area contributed by atoms with Gasteiger partial charge in [-0.25, -0.2) is 9.18 Å². The van der Waals surface area contributed by atoms with Gasteiger partial charge in [-0.15, -0.1) is 0 Å². The molecule has 0 unspecified atom stereocenters. The number of benzene rings is 1. The Bertz CT molecular complexity index is 1120. The van der Waals surface area contributed by atoms with Gasteiger partial charge in [0.25, 0.3) is 5.91 Å². The minimum Gasteiger partial charge on any atom is -0.469 e. The second-order valence-electron chi connectivity index (χ2n) is 8.29. The normalized spacial score (nSPS) is 17.7. The van der Waals surface area contributed by atoms with Crippen molar-refractivity contribution in [2.45, 2.75) is 18.9 Å². The molecule has 0 spiro atoms. The maximum Gasteiger partial charge on any atom is 0.414 e. The summed E-state index contributed by atoms with van der Waals surface area (Å²) in [5.41, 5.74) is 0.720. The van der Waals surface area contributed by atoms with E-state index < -0.39 is 29.9 Å². The van der Waals surface area contributed by atoms with E-state index in [-0.39, 0.29) is 31.2 Å². The minimum atomic E-state index is -0.598. The van der Waals surface area contributed by atoms with E-state index in [1.165, 1.54) is 30.3 Å². The Morgan fingerprint density at radius 2 is 1.97 bits per heavy atom. The topological polar surface area (TPSA) is 135 Å². The van der Waals surface area contributed by atoms with Gasteiger partial charge in [-0.05, 0) is 24.6 Å². The van der Waals surface area contributed by atoms with Crippen molar-refractivity contribution in [2.24, 2.45) is 0 Å². The second kappa shape index (κ2) is 11.1. The summed E-state index contributed by atoms with van der Waals surface area (Å²) in [6, 6.07) is 5.90. The maximum atomic E-state index is 15.0. The van der Waals surface area contributed by atoms with Gasteiger partial charge in [0.15, 0.2) is 0 Å². The van der Waals surface area contributed by atoms with Gasteiger partial charge in [0, 0.05) is 38.7 Å². The Hall–Kier alpha value is -4.16. The van der Waals surface area contributed by atoms with Crippen LogP contribution >= 0.6 is 0 Å². The fourth-order valence-corrected chi connectivity index (χ4v) is 4.07. The molecule has 0 aliphatic carbocycles. The van der Waals surface area contributed by atoms with Crippen LogP contribution in [0.4, 0.5) is 20.6 Å². The highest BCUT2D eigenvalue weighted by atomic mass is 19.1. The summed E-state index contributed by atoms with van der Waals surface area (Å²) in [4.78, 5) is 52.6. The number of ether oxygens (including phenoxy) is 2. The van der Waals surface area contributed by atoms with Gasteiger partial charge in [-0.2, -0.15) is 0 Å². The summed E-state index contributed by atoms with van der Waals surface area (Å²) in [6.07, 6.45) is 0.702. The number of rotatable bonds is 8. The molecule has 3 amide bonds. The number of esters is 1. The molecule has 12 nitrogen and oxygen atoms in total. The number of halogens is 1. The lowest BCUT2D eigenvalue weighted by Crippen LogP contribution is -2.51. The molecule has 2 aliphatic rings. The third-order valence-corrected chi connectivity index (χ3v) is 6.05. The number of nitrogens with one attached hydrogen (secondary N) is 1. The Balaban J connectivity index is 1.28. The molecule has 4 rings (SSSR count). The smallest absolute Gasteiger partial charge is 0.414 e. The molecule has 1 aromatic heterocycles. The highest BCUT2D eigenvalue weighted by Gasteiger charge is 2.33. The molecular weight excluding hydrogens is 477 g/mol. The van der Waals surface area contributed by atoms with Crippen LogP contribution in [0.2, 0.25) is 0 Å². The third kappa shape index (κ3) is 5.73. The Kier molecular flexibility index (Phi) is 7.66. The zero-order valence-corrected chi connectivity index (χ0v) is 19.6. The van der Waals surface area contributed by atoms with Crippen molar-refractivity contribution in [3.05, 3.63) is 42.0 Å². The lowest BCUT2D eigenvalue weighted by Gasteiger charge is -2.36. The van der Waals surface area contributed by atoms with Crippen molar-refractivity contribution in [1.82, 2.24) is 15.4 Å². The molecule has 1 aromatic carbocycles. The van der Waals surface area contributed by atoms with Crippen LogP contribution in [-0.4, -0.2) is 86.4 Å². The van der Waals surface area contributed by atoms with E-state index >= 15 is 0 Å². The molecule has 2 aromatic rings. The number of carbonyl (C=O) groups excluding carboxylic acids is 4. The Morgan fingerprint density at radius 1 is 1.19 bits per heavy atom. The summed E-state index contributed by atoms with van der Waals surface area (Å²) >= 11 is 0. The first-order chi connectivity index (χ1) is 17.4. The fourth-order valence-electron chi connectivity index (χ4n) is 4.07. The molecular formula is C23H26FN5O7. The number of methoxy groups -OCH3 is 1. The van der Waals surface area contributed by atoms with Gasteiger partial charge < -0.3 is 29.1 Å². The quantitative estimate of drug-likeness (QED) is 0.527. The predicted octanol–water partition coefficient (Wildman–Crippen LogP) is 1.17. The zero-order chi connectivity index (χ0) is 25.7. The molecule has 0 saturated carbocycles. The number of nitrogens with zero attached hydrogens (tertiary/aromatic N) is 4. The number of cyclic esters (lactones) is 1. The molecule has 1 N–H and O–H groups in total. The Morgan fingerprint density at radius 3 is 2.64 bits per heavy atom. The average molecular weight is 503 g/mol. The van der Waals surface area contributed by atoms with Crippen LogP contribution in [0.5, 0.6) is 0 Å². The van der Waals surface area contributed by atoms with Crippen LogP contribution in [0.15, 0.2) is 35.0 Å². The molecule has 192 valence electrons. The summed E-state index contributed by atoms with van der Waals surface area (Å²) < 4.78 is 29.6. The SMILES string of the molecule is COC(=O)CC[C@H]1CN(c2ccc(N3CCN(C(=O)CNC(=O)c4ccno4)CC3)c(F)c2)C(=O)O1. The monoisotopic (exact) mass is 503 g/mol. The lowest BCUT2D eigenvalue weighted by atomic mass is 10.1. The maximum absolute atomic E-state index is 15.0. The number of hydrogen-bond donors (Lipinski definition) is 1. The standard InChI is InChI=1S/C23H26FN5O7/c1-34-21(31)5-3-16-14-29(23(33)35-16)15-2-4-18(17(24)12-15)27-8-10-28(11-9-27)20(30)13-25-22(32)19-6-7-26-36-19/h2,4,6-7,12,16H,3,5,8-11,13-14H2,1H3,(H,25,32)/t16-/m0/s1. The van der Waals surface area contributed by atoms with Gasteiger partial charge in [0.1, 0.15) is 11.9 Å². The van der Waals surface area contributed by atoms with Crippen LogP contribution in [0.3, 0.4) is 0 Å². The van der Waals surface area contributed by atoms with Crippen LogP contribution < -0.4 is 15.1 Å². The third-order valence-electron chi connectivity index (χ3n) is 6.05. The molecule has 2 aliphatic heterocycles. The molecule has 3 heterocycles. The minimum absolute atomic E-state index is 0.0189. The summed E-state index contributed by atoms with van der Waals surface area (Å²) in [7, 11) is 1.29. The van der Waals surface area contributed by atoms with Crippen molar-refractivity contribution >= 4 is 35.3 Å². The van der Waals surface area contributed by atoms with E-state index in [0.717, 1.165) is 0 Å². The molecule has 0 bridgehead atoms. The van der Waals surface area contributed by atoms with Crippen molar-refractivity contribution in [2.75, 3.05) is 56.2 Å². The highest BCUT2D eigenvalue weighted by Crippen LogP contribution is 2.29. The molecule has 13 heteroatoms. The zero-order valence-electron chi connectivity index (χ0n) is 19.6. The molecule has 0 radical (unpaired) electrons. The lowest BCUT2D eigenvalue weighted by molar-refractivity contribution is -0.141. The van der Waals surface area contributed by atoms with Crippen LogP contribution in [0.25, 0.3) is 0 Å². The largest absolute Gasteiger partial charge is 0.469 e. The first-order valence-electron chi connectivity index (χ1n) is 11.4. The van der Waals surface area contributed by atoms with Gasteiger partial charge in [0.05, 0.1) is 37.8 Å². The second-order valence-corrected chi connectivity index (χ2v) is 8.29. The van der Waals surface area contributed by atoms with Gasteiger partial charge in [-0.1, -0.05) is 5.16 Å². The van der Waals surface area contributed by atoms with Crippen LogP contribution in [0, 0.1) is 5.82 Å². The van der Waals surface area contributed by atoms with Crippen molar-refractivity contribution in [3.63, 3.8) is 0 Å². The van der Waals surface area contributed by atoms with Crippen molar-refractivity contribution < 1.29 is 37.6 Å². The molecule has 2 saturated heterocycles. The molecule has 36 heavy (non-hydrogen) atoms. The average Bonchev–Trinajstić information content (AvgIpc) is 3.56. The fraction of sp³-hybridized carbons (Fsp3) is 0.435. The first kappa shape index (κ1) is 24.9. The van der Waals surface area contributed by atoms with Gasteiger partial charge >= 0.3 is 12.1 Å². The predicted molar refractivity (Wildman–Crippen MR) is 123 cm³/mol. The van der Waals surface area contributed by atoms with Crippen molar-refractivity contribution in [1.29, 1.82) is 0 Å². The number of amides is 3. The number of aromatic nitrogens is 1. The van der Waals surface area contributed by atoms with Crippen molar-refractivity contribution in [3.8, 4) is 0 Å². The number of hydrogen-bond acceptors (Lipinski definition) is 9. The van der Waals surface area contributed by atoms with E-state index in [1.54, 1.807) is 17.0 Å². The van der Waals surface area contributed by atoms with Gasteiger partial charge in [0.2, 0.25) is 11.7 Å². The molecule has 2 fully saturated rings. The summed E-state index contributed by atoms with van der Waals surface area (Å²) in [5.74, 6) is -1.66. The Labute approximate surface area is 205 Å². The van der Waals surface area contributed by atoms with E-state index in [0.29, 0.717) is 44.0 Å². The van der Waals surface area contributed by atoms with E-state index in [2.05, 4.69) is 15.2 Å². The number of piperazine rings is 1. The molecule has 1 atom stereocenters. The highest BCUT2D eigenvalue weighted by molar-refractivity contribution is 5.94. The van der Waals surface area contributed by atoms with Gasteiger partial charge in [-0.3, -0.25) is 19.3 Å².